The number of ether oxygens (including phenoxy) is 1. The lowest BCUT2D eigenvalue weighted by Gasteiger charge is -2.25. The number of aryl methyl sites for hydroxylation is 2. The number of nitrogens with zero attached hydrogens (tertiary/aromatic N) is 3. The van der Waals surface area contributed by atoms with Crippen molar-refractivity contribution in [2.75, 3.05) is 13.6 Å². The molecule has 1 aliphatic heterocycles. The zero-order valence-electron chi connectivity index (χ0n) is 15.8. The van der Waals surface area contributed by atoms with Crippen LogP contribution in [-0.2, 0) is 32.4 Å². The molecule has 1 aromatic heterocycles. The summed E-state index contributed by atoms with van der Waals surface area (Å²) in [5, 5.41) is 8.53. The first-order valence-electron chi connectivity index (χ1n) is 9.55. The quantitative estimate of drug-likeness (QED) is 0.670. The maximum Gasteiger partial charge on any atom is 0.233 e. The molecule has 0 saturated carbocycles. The fourth-order valence-corrected chi connectivity index (χ4v) is 3.47. The van der Waals surface area contributed by atoms with Crippen LogP contribution in [0.2, 0.25) is 0 Å². The summed E-state index contributed by atoms with van der Waals surface area (Å²) < 4.78 is 5.70. The standard InChI is InChI=1S/C23H25N3O/c1-26-14-13-20-9-7-18(15-21(20)16-26)8-10-22-11-12-23(25-24-22)27-17-19-5-3-2-4-6-19/h2-7,9,11-12,15H,8,10,13-14,16-17H2,1H3. The number of fused-ring (bicyclic) bond motifs is 1. The first-order chi connectivity index (χ1) is 13.3. The molecule has 4 heteroatoms. The Bertz CT molecular complexity index is 878. The van der Waals surface area contributed by atoms with Crippen LogP contribution in [0.25, 0.3) is 0 Å². The molecule has 27 heavy (non-hydrogen) atoms. The minimum atomic E-state index is 0.512. The second kappa shape index (κ2) is 8.31. The van der Waals surface area contributed by atoms with E-state index in [0.717, 1.165) is 43.6 Å². The summed E-state index contributed by atoms with van der Waals surface area (Å²) in [5.41, 5.74) is 6.46. The van der Waals surface area contributed by atoms with Crippen LogP contribution in [0.4, 0.5) is 0 Å². The van der Waals surface area contributed by atoms with Crippen molar-refractivity contribution in [2.24, 2.45) is 0 Å². The van der Waals surface area contributed by atoms with Gasteiger partial charge in [-0.25, -0.2) is 0 Å². The van der Waals surface area contributed by atoms with Gasteiger partial charge in [0.1, 0.15) is 6.61 Å². The highest BCUT2D eigenvalue weighted by molar-refractivity contribution is 5.34. The third-order valence-electron chi connectivity index (χ3n) is 5.07. The van der Waals surface area contributed by atoms with Gasteiger partial charge in [-0.1, -0.05) is 48.5 Å². The Morgan fingerprint density at radius 1 is 0.889 bits per heavy atom. The highest BCUT2D eigenvalue weighted by atomic mass is 16.5. The van der Waals surface area contributed by atoms with E-state index >= 15 is 0 Å². The molecule has 2 heterocycles. The van der Waals surface area contributed by atoms with Crippen LogP contribution >= 0.6 is 0 Å². The van der Waals surface area contributed by atoms with Crippen LogP contribution in [0, 0.1) is 0 Å². The van der Waals surface area contributed by atoms with Crippen molar-refractivity contribution in [3.8, 4) is 5.88 Å². The molecule has 1 aliphatic rings. The Labute approximate surface area is 160 Å². The molecule has 4 nitrogen and oxygen atoms in total. The van der Waals surface area contributed by atoms with E-state index < -0.39 is 0 Å². The van der Waals surface area contributed by atoms with Gasteiger partial charge in [0.15, 0.2) is 0 Å². The minimum Gasteiger partial charge on any atom is -0.472 e. The molecule has 0 fully saturated rings. The molecule has 0 atom stereocenters. The number of likely N-dealkylation sites (N-methyl/N-ethyl adjacent to an activating group) is 1. The summed E-state index contributed by atoms with van der Waals surface area (Å²) >= 11 is 0. The van der Waals surface area contributed by atoms with Crippen molar-refractivity contribution in [1.82, 2.24) is 15.1 Å². The lowest BCUT2D eigenvalue weighted by atomic mass is 9.96. The van der Waals surface area contributed by atoms with Gasteiger partial charge >= 0.3 is 0 Å². The molecule has 2 aromatic carbocycles. The van der Waals surface area contributed by atoms with Gasteiger partial charge in [-0.3, -0.25) is 0 Å². The van der Waals surface area contributed by atoms with Crippen LogP contribution in [0.5, 0.6) is 5.88 Å². The third kappa shape index (κ3) is 4.72. The Kier molecular flexibility index (Phi) is 5.45. The third-order valence-corrected chi connectivity index (χ3v) is 5.07. The van der Waals surface area contributed by atoms with Gasteiger partial charge in [-0.15, -0.1) is 5.10 Å². The second-order valence-electron chi connectivity index (χ2n) is 7.23. The second-order valence-corrected chi connectivity index (χ2v) is 7.23. The van der Waals surface area contributed by atoms with Gasteiger partial charge in [0.2, 0.25) is 5.88 Å². The molecule has 4 rings (SSSR count). The summed E-state index contributed by atoms with van der Waals surface area (Å²) in [6.45, 7) is 2.72. The number of rotatable bonds is 6. The van der Waals surface area contributed by atoms with E-state index in [2.05, 4.69) is 40.3 Å². The van der Waals surface area contributed by atoms with E-state index in [1.807, 2.05) is 42.5 Å². The van der Waals surface area contributed by atoms with Crippen LogP contribution in [0.1, 0.15) is 27.9 Å². The van der Waals surface area contributed by atoms with Gasteiger partial charge in [-0.2, -0.15) is 5.10 Å². The van der Waals surface area contributed by atoms with Gasteiger partial charge < -0.3 is 9.64 Å². The summed E-state index contributed by atoms with van der Waals surface area (Å²) in [4.78, 5) is 2.38. The Morgan fingerprint density at radius 2 is 1.78 bits per heavy atom. The van der Waals surface area contributed by atoms with Crippen LogP contribution in [-0.4, -0.2) is 28.7 Å². The highest BCUT2D eigenvalue weighted by Crippen LogP contribution is 2.20. The zero-order valence-corrected chi connectivity index (χ0v) is 15.8. The highest BCUT2D eigenvalue weighted by Gasteiger charge is 2.13. The number of benzene rings is 2. The van der Waals surface area contributed by atoms with E-state index in [4.69, 9.17) is 4.74 Å². The van der Waals surface area contributed by atoms with Crippen molar-refractivity contribution in [1.29, 1.82) is 0 Å². The van der Waals surface area contributed by atoms with Crippen molar-refractivity contribution < 1.29 is 4.74 Å². The average Bonchev–Trinajstić information content (AvgIpc) is 2.72. The Hall–Kier alpha value is -2.72. The average molecular weight is 359 g/mol. The predicted octanol–water partition coefficient (Wildman–Crippen LogP) is 3.83. The lowest BCUT2D eigenvalue weighted by molar-refractivity contribution is 0.290. The molecule has 0 aliphatic carbocycles. The normalized spacial score (nSPS) is 14.0. The largest absolute Gasteiger partial charge is 0.472 e. The molecule has 0 radical (unpaired) electrons. The molecule has 0 bridgehead atoms. The lowest BCUT2D eigenvalue weighted by Crippen LogP contribution is -2.26. The molecule has 0 N–H and O–H groups in total. The zero-order chi connectivity index (χ0) is 18.5. The monoisotopic (exact) mass is 359 g/mol. The number of aromatic nitrogens is 2. The van der Waals surface area contributed by atoms with E-state index in [-0.39, 0.29) is 0 Å². The Balaban J connectivity index is 1.32. The Morgan fingerprint density at radius 3 is 2.59 bits per heavy atom. The molecular weight excluding hydrogens is 334 g/mol. The maximum absolute atomic E-state index is 5.70. The first-order valence-corrected chi connectivity index (χ1v) is 9.55. The van der Waals surface area contributed by atoms with E-state index in [1.165, 1.54) is 16.7 Å². The van der Waals surface area contributed by atoms with Crippen LogP contribution in [0.15, 0.2) is 60.7 Å². The molecule has 0 unspecified atom stereocenters. The van der Waals surface area contributed by atoms with Gasteiger partial charge in [0, 0.05) is 19.2 Å². The van der Waals surface area contributed by atoms with Crippen LogP contribution in [0.3, 0.4) is 0 Å². The predicted molar refractivity (Wildman–Crippen MR) is 107 cm³/mol. The van der Waals surface area contributed by atoms with Crippen molar-refractivity contribution >= 4 is 0 Å². The van der Waals surface area contributed by atoms with E-state index in [0.29, 0.717) is 12.5 Å². The van der Waals surface area contributed by atoms with Gasteiger partial charge in [0.25, 0.3) is 0 Å². The van der Waals surface area contributed by atoms with Gasteiger partial charge in [-0.05, 0) is 54.6 Å². The summed E-state index contributed by atoms with van der Waals surface area (Å²) in [6.07, 6.45) is 3.03. The van der Waals surface area contributed by atoms with E-state index in [9.17, 15) is 0 Å². The fourth-order valence-electron chi connectivity index (χ4n) is 3.47. The molecule has 0 amide bonds. The first kappa shape index (κ1) is 17.7. The fraction of sp³-hybridized carbons (Fsp3) is 0.304. The maximum atomic E-state index is 5.70. The molecule has 0 spiro atoms. The molecule has 138 valence electrons. The summed E-state index contributed by atoms with van der Waals surface area (Å²) in [7, 11) is 2.19. The van der Waals surface area contributed by atoms with Gasteiger partial charge in [0.05, 0.1) is 5.69 Å². The topological polar surface area (TPSA) is 38.2 Å². The smallest absolute Gasteiger partial charge is 0.233 e. The SMILES string of the molecule is CN1CCc2ccc(CCc3ccc(OCc4ccccc4)nn3)cc2C1. The van der Waals surface area contributed by atoms with Crippen molar-refractivity contribution in [3.05, 3.63) is 88.6 Å². The van der Waals surface area contributed by atoms with E-state index in [1.54, 1.807) is 0 Å². The van der Waals surface area contributed by atoms with Crippen molar-refractivity contribution in [2.45, 2.75) is 32.4 Å². The summed E-state index contributed by atoms with van der Waals surface area (Å²) in [6, 6.07) is 20.9. The molecule has 0 saturated heterocycles. The number of hydrogen-bond acceptors (Lipinski definition) is 4. The minimum absolute atomic E-state index is 0.512. The summed E-state index contributed by atoms with van der Waals surface area (Å²) in [5.74, 6) is 0.569. The number of hydrogen-bond donors (Lipinski definition) is 0. The van der Waals surface area contributed by atoms with Crippen LogP contribution < -0.4 is 4.74 Å². The molecule has 3 aromatic rings. The molecular formula is C23H25N3O. The van der Waals surface area contributed by atoms with Crippen molar-refractivity contribution in [3.63, 3.8) is 0 Å².